The van der Waals surface area contributed by atoms with E-state index in [1.807, 2.05) is 29.2 Å². The van der Waals surface area contributed by atoms with E-state index in [1.54, 1.807) is 18.5 Å². The highest BCUT2D eigenvalue weighted by molar-refractivity contribution is 6.41. The second-order valence-electron chi connectivity index (χ2n) is 12.2. The van der Waals surface area contributed by atoms with Crippen LogP contribution in [0.5, 0.6) is 11.5 Å². The SMILES string of the molecule is C=CC(=O)Nc1cc(N2CCC(N3CCOCC3)CC2)ccc1Nc1ncc2c(n1)-c1cccnc1N(c1c(Cl)c(OC)cc(OC)c1Cl)C2. The number of methoxy groups -OCH3 is 2. The van der Waals surface area contributed by atoms with Gasteiger partial charge in [-0.25, -0.2) is 15.0 Å². The maximum absolute atomic E-state index is 12.5. The number of nitrogens with zero attached hydrogens (tertiary/aromatic N) is 6. The van der Waals surface area contributed by atoms with Gasteiger partial charge in [0.2, 0.25) is 11.9 Å². The number of ether oxygens (including phenoxy) is 3. The average molecular weight is 718 g/mol. The Morgan fingerprint density at radius 1 is 1.00 bits per heavy atom. The lowest BCUT2D eigenvalue weighted by molar-refractivity contribution is -0.111. The Hall–Kier alpha value is -4.62. The topological polar surface area (TPSA) is 117 Å². The molecule has 0 atom stereocenters. The Bertz CT molecular complexity index is 1890. The molecule has 0 spiro atoms. The summed E-state index contributed by atoms with van der Waals surface area (Å²) < 4.78 is 16.6. The van der Waals surface area contributed by atoms with Crippen LogP contribution in [0.3, 0.4) is 0 Å². The third kappa shape index (κ3) is 6.63. The van der Waals surface area contributed by atoms with Crippen LogP contribution in [0.15, 0.2) is 61.4 Å². The van der Waals surface area contributed by atoms with E-state index in [2.05, 4.69) is 38.1 Å². The van der Waals surface area contributed by atoms with Crippen molar-refractivity contribution in [3.05, 3.63) is 77.1 Å². The van der Waals surface area contributed by atoms with Crippen LogP contribution >= 0.6 is 23.2 Å². The Labute approximate surface area is 301 Å². The van der Waals surface area contributed by atoms with Crippen LogP contribution in [0, 0.1) is 0 Å². The van der Waals surface area contributed by atoms with Gasteiger partial charge in [0.15, 0.2) is 0 Å². The molecule has 2 aromatic carbocycles. The standard InChI is InChI=1S/C36H38Cl2N8O4/c1-4-30(47)41-27-18-24(44-12-9-23(10-13-44)45-14-16-50-17-15-45)7-8-26(27)42-36-40-20-22-21-46(35-25(33(22)43-36)6-5-11-39-35)34-31(37)28(48-2)19-29(49-3)32(34)38/h4-8,11,18-20,23H,1,9-10,12-17,21H2,2-3H3,(H,41,47)(H,40,42,43). The maximum Gasteiger partial charge on any atom is 0.247 e. The van der Waals surface area contributed by atoms with Gasteiger partial charge in [-0.3, -0.25) is 9.69 Å². The van der Waals surface area contributed by atoms with Gasteiger partial charge in [0.1, 0.15) is 27.4 Å². The van der Waals surface area contributed by atoms with Crippen LogP contribution in [-0.2, 0) is 16.1 Å². The highest BCUT2D eigenvalue weighted by atomic mass is 35.5. The first kappa shape index (κ1) is 33.9. The maximum atomic E-state index is 12.5. The summed E-state index contributed by atoms with van der Waals surface area (Å²) in [5, 5.41) is 6.96. The summed E-state index contributed by atoms with van der Waals surface area (Å²) in [7, 11) is 3.07. The minimum Gasteiger partial charge on any atom is -0.495 e. The van der Waals surface area contributed by atoms with Gasteiger partial charge in [0.25, 0.3) is 0 Å². The van der Waals surface area contributed by atoms with Crippen LogP contribution < -0.4 is 29.9 Å². The number of nitrogens with one attached hydrogen (secondary N) is 2. The van der Waals surface area contributed by atoms with Crippen molar-refractivity contribution in [1.29, 1.82) is 0 Å². The Morgan fingerprint density at radius 2 is 1.74 bits per heavy atom. The van der Waals surface area contributed by atoms with Crippen molar-refractivity contribution in [3.63, 3.8) is 0 Å². The van der Waals surface area contributed by atoms with E-state index in [9.17, 15) is 4.79 Å². The molecule has 2 saturated heterocycles. The van der Waals surface area contributed by atoms with Crippen molar-refractivity contribution in [1.82, 2.24) is 19.9 Å². The number of benzene rings is 2. The molecule has 14 heteroatoms. The van der Waals surface area contributed by atoms with Crippen LogP contribution in [0.1, 0.15) is 18.4 Å². The van der Waals surface area contributed by atoms with Gasteiger partial charge in [-0.05, 0) is 49.2 Å². The molecule has 0 saturated carbocycles. The number of hydrogen-bond donors (Lipinski definition) is 2. The first-order valence-corrected chi connectivity index (χ1v) is 17.2. The minimum atomic E-state index is -0.311. The number of piperidine rings is 1. The molecular formula is C36H38Cl2N8O4. The zero-order valence-corrected chi connectivity index (χ0v) is 29.4. The number of morpholine rings is 1. The summed E-state index contributed by atoms with van der Waals surface area (Å²) in [4.78, 5) is 33.7. The summed E-state index contributed by atoms with van der Waals surface area (Å²) in [6.07, 6.45) is 6.88. The van der Waals surface area contributed by atoms with E-state index in [0.717, 1.165) is 69.0 Å². The largest absolute Gasteiger partial charge is 0.495 e. The van der Waals surface area contributed by atoms with E-state index in [1.165, 1.54) is 20.3 Å². The summed E-state index contributed by atoms with van der Waals surface area (Å²) in [5.41, 5.74) is 5.11. The van der Waals surface area contributed by atoms with Gasteiger partial charge in [-0.2, -0.15) is 0 Å². The van der Waals surface area contributed by atoms with E-state index in [0.29, 0.717) is 68.7 Å². The average Bonchev–Trinajstić information content (AvgIpc) is 3.16. The molecule has 0 bridgehead atoms. The Balaban J connectivity index is 1.16. The first-order valence-electron chi connectivity index (χ1n) is 16.5. The fraction of sp³-hybridized carbons (Fsp3) is 0.333. The van der Waals surface area contributed by atoms with Crippen LogP contribution in [0.25, 0.3) is 11.3 Å². The number of aromatic nitrogens is 3. The summed E-state index contributed by atoms with van der Waals surface area (Å²) in [6.45, 7) is 9.44. The Morgan fingerprint density at radius 3 is 2.44 bits per heavy atom. The molecule has 2 fully saturated rings. The summed E-state index contributed by atoms with van der Waals surface area (Å²) in [6, 6.07) is 12.0. The molecule has 0 radical (unpaired) electrons. The number of anilines is 6. The van der Waals surface area contributed by atoms with E-state index >= 15 is 0 Å². The monoisotopic (exact) mass is 716 g/mol. The molecule has 2 N–H and O–H groups in total. The van der Waals surface area contributed by atoms with E-state index < -0.39 is 0 Å². The van der Waals surface area contributed by atoms with Gasteiger partial charge in [-0.15, -0.1) is 0 Å². The van der Waals surface area contributed by atoms with E-state index in [-0.39, 0.29) is 5.91 Å². The zero-order valence-electron chi connectivity index (χ0n) is 27.9. The minimum absolute atomic E-state index is 0.311. The smallest absolute Gasteiger partial charge is 0.247 e. The molecular weight excluding hydrogens is 679 g/mol. The number of amides is 1. The summed E-state index contributed by atoms with van der Waals surface area (Å²) in [5.74, 6) is 1.51. The van der Waals surface area contributed by atoms with Gasteiger partial charge in [0.05, 0.1) is 56.7 Å². The summed E-state index contributed by atoms with van der Waals surface area (Å²) >= 11 is 13.7. The molecule has 50 heavy (non-hydrogen) atoms. The fourth-order valence-electron chi connectivity index (χ4n) is 6.83. The molecule has 0 unspecified atom stereocenters. The molecule has 3 aliphatic rings. The van der Waals surface area contributed by atoms with Gasteiger partial charge in [-0.1, -0.05) is 29.8 Å². The molecule has 1 amide bonds. The molecule has 260 valence electrons. The second kappa shape index (κ2) is 14.7. The number of hydrogen-bond acceptors (Lipinski definition) is 11. The highest BCUT2D eigenvalue weighted by Gasteiger charge is 2.32. The zero-order chi connectivity index (χ0) is 34.8. The lowest BCUT2D eigenvalue weighted by Gasteiger charge is -2.41. The predicted molar refractivity (Wildman–Crippen MR) is 197 cm³/mol. The lowest BCUT2D eigenvalue weighted by atomic mass is 10.0. The van der Waals surface area contributed by atoms with Crippen LogP contribution in [-0.4, -0.2) is 85.4 Å². The number of carbonyl (C=O) groups excluding carboxylic acids is 1. The van der Waals surface area contributed by atoms with Gasteiger partial charge < -0.3 is 34.6 Å². The third-order valence-electron chi connectivity index (χ3n) is 9.40. The molecule has 12 nitrogen and oxygen atoms in total. The fourth-order valence-corrected chi connectivity index (χ4v) is 7.53. The predicted octanol–water partition coefficient (Wildman–Crippen LogP) is 6.68. The van der Waals surface area contributed by atoms with Crippen molar-refractivity contribution in [2.75, 3.05) is 74.0 Å². The molecule has 5 heterocycles. The molecule has 3 aliphatic heterocycles. The number of halogens is 2. The van der Waals surface area contributed by atoms with Crippen molar-refractivity contribution in [2.45, 2.75) is 25.4 Å². The lowest BCUT2D eigenvalue weighted by Crippen LogP contribution is -2.49. The Kier molecular flexibility index (Phi) is 9.95. The number of rotatable bonds is 9. The molecule has 4 aromatic rings. The van der Waals surface area contributed by atoms with Crippen molar-refractivity contribution in [3.8, 4) is 22.8 Å². The van der Waals surface area contributed by atoms with Crippen molar-refractivity contribution >= 4 is 63.6 Å². The molecule has 2 aromatic heterocycles. The van der Waals surface area contributed by atoms with Crippen LogP contribution in [0.4, 0.5) is 34.5 Å². The van der Waals surface area contributed by atoms with E-state index in [4.69, 9.17) is 47.4 Å². The van der Waals surface area contributed by atoms with Crippen LogP contribution in [0.2, 0.25) is 10.0 Å². The first-order chi connectivity index (χ1) is 24.4. The van der Waals surface area contributed by atoms with Gasteiger partial charge >= 0.3 is 0 Å². The van der Waals surface area contributed by atoms with Gasteiger partial charge in [0, 0.05) is 67.5 Å². The molecule has 0 aliphatic carbocycles. The van der Waals surface area contributed by atoms with Crippen molar-refractivity contribution in [2.24, 2.45) is 0 Å². The molecule has 7 rings (SSSR count). The second-order valence-corrected chi connectivity index (χ2v) is 13.0. The quantitative estimate of drug-likeness (QED) is 0.181. The third-order valence-corrected chi connectivity index (χ3v) is 10.1. The number of pyridine rings is 1. The number of carbonyl (C=O) groups is 1. The highest BCUT2D eigenvalue weighted by Crippen LogP contribution is 2.51. The van der Waals surface area contributed by atoms with Crippen molar-refractivity contribution < 1.29 is 19.0 Å². The normalized spacial score (nSPS) is 16.3. The number of fused-ring (bicyclic) bond motifs is 3.